The van der Waals surface area contributed by atoms with Crippen molar-refractivity contribution >= 4 is 11.9 Å². The van der Waals surface area contributed by atoms with Crippen LogP contribution in [0.1, 0.15) is 26.2 Å². The molecule has 0 aromatic carbocycles. The van der Waals surface area contributed by atoms with Gasteiger partial charge in [-0.1, -0.05) is 6.92 Å². The molecule has 5 heteroatoms. The van der Waals surface area contributed by atoms with Crippen molar-refractivity contribution in [3.8, 4) is 0 Å². The van der Waals surface area contributed by atoms with Crippen molar-refractivity contribution in [2.24, 2.45) is 5.92 Å². The predicted octanol–water partition coefficient (Wildman–Crippen LogP) is 0.392. The summed E-state index contributed by atoms with van der Waals surface area (Å²) in [5.74, 6) is -1.37. The molecule has 1 unspecified atom stereocenters. The van der Waals surface area contributed by atoms with E-state index in [1.807, 2.05) is 0 Å². The first-order valence-corrected chi connectivity index (χ1v) is 5.23. The Morgan fingerprint density at radius 1 is 1.60 bits per heavy atom. The number of ether oxygens (including phenoxy) is 1. The lowest BCUT2D eigenvalue weighted by molar-refractivity contribution is -0.141. The first-order valence-electron chi connectivity index (χ1n) is 5.23. The van der Waals surface area contributed by atoms with Gasteiger partial charge >= 0.3 is 5.97 Å². The van der Waals surface area contributed by atoms with Gasteiger partial charge < -0.3 is 15.2 Å². The summed E-state index contributed by atoms with van der Waals surface area (Å²) in [5.41, 5.74) is 0. The van der Waals surface area contributed by atoms with Crippen LogP contribution in [0, 0.1) is 5.92 Å². The van der Waals surface area contributed by atoms with Crippen molar-refractivity contribution in [3.05, 3.63) is 0 Å². The van der Waals surface area contributed by atoms with E-state index in [1.165, 1.54) is 0 Å². The minimum Gasteiger partial charge on any atom is -0.481 e. The van der Waals surface area contributed by atoms with Gasteiger partial charge in [-0.15, -0.1) is 0 Å². The zero-order chi connectivity index (χ0) is 11.3. The third-order valence-corrected chi connectivity index (χ3v) is 2.52. The number of carbonyl (C=O) groups is 2. The second-order valence-corrected chi connectivity index (χ2v) is 3.82. The van der Waals surface area contributed by atoms with Gasteiger partial charge in [-0.05, 0) is 19.3 Å². The third-order valence-electron chi connectivity index (χ3n) is 2.52. The molecule has 1 heterocycles. The molecule has 2 atom stereocenters. The number of nitrogens with one attached hydrogen (secondary N) is 1. The predicted molar refractivity (Wildman–Crippen MR) is 53.4 cm³/mol. The molecule has 5 nitrogen and oxygen atoms in total. The van der Waals surface area contributed by atoms with Gasteiger partial charge in [-0.25, -0.2) is 0 Å². The summed E-state index contributed by atoms with van der Waals surface area (Å²) < 4.78 is 5.19. The zero-order valence-electron chi connectivity index (χ0n) is 8.86. The minimum absolute atomic E-state index is 0.120. The zero-order valence-corrected chi connectivity index (χ0v) is 8.86. The van der Waals surface area contributed by atoms with Crippen LogP contribution in [0.2, 0.25) is 0 Å². The maximum absolute atomic E-state index is 11.4. The first-order chi connectivity index (χ1) is 7.11. The summed E-state index contributed by atoms with van der Waals surface area (Å²) in [7, 11) is 0. The second-order valence-electron chi connectivity index (χ2n) is 3.82. The summed E-state index contributed by atoms with van der Waals surface area (Å²) in [5, 5.41) is 11.3. The summed E-state index contributed by atoms with van der Waals surface area (Å²) in [4.78, 5) is 21.9. The Hall–Kier alpha value is -1.10. The van der Waals surface area contributed by atoms with Gasteiger partial charge in [-0.2, -0.15) is 0 Å². The van der Waals surface area contributed by atoms with Crippen LogP contribution in [0.4, 0.5) is 0 Å². The van der Waals surface area contributed by atoms with Crippen LogP contribution >= 0.6 is 0 Å². The highest BCUT2D eigenvalue weighted by atomic mass is 16.5. The molecule has 0 bridgehead atoms. The van der Waals surface area contributed by atoms with E-state index in [1.54, 1.807) is 6.92 Å². The molecule has 1 aliphatic heterocycles. The molecule has 1 saturated heterocycles. The van der Waals surface area contributed by atoms with E-state index in [0.717, 1.165) is 12.8 Å². The Morgan fingerprint density at radius 3 is 2.87 bits per heavy atom. The minimum atomic E-state index is -0.832. The van der Waals surface area contributed by atoms with E-state index in [0.29, 0.717) is 19.6 Å². The number of carbonyl (C=O) groups excluding carboxylic acids is 1. The standard InChI is InChI=1S/C10H17NO4/c1-7(10(13)14)4-5-11-9(12)8-3-2-6-15-8/h7-8H,2-6H2,1H3,(H,11,12)(H,13,14)/t7?,8-/m0/s1. The lowest BCUT2D eigenvalue weighted by atomic mass is 10.1. The van der Waals surface area contributed by atoms with Crippen molar-refractivity contribution in [3.63, 3.8) is 0 Å². The van der Waals surface area contributed by atoms with Gasteiger partial charge in [0.25, 0.3) is 0 Å². The van der Waals surface area contributed by atoms with Gasteiger partial charge in [0.05, 0.1) is 5.92 Å². The Kier molecular flexibility index (Phi) is 4.55. The van der Waals surface area contributed by atoms with Gasteiger partial charge in [0, 0.05) is 13.2 Å². The maximum atomic E-state index is 11.4. The van der Waals surface area contributed by atoms with Crippen LogP contribution in [0.15, 0.2) is 0 Å². The average molecular weight is 215 g/mol. The lowest BCUT2D eigenvalue weighted by Gasteiger charge is -2.11. The van der Waals surface area contributed by atoms with Gasteiger partial charge in [0.15, 0.2) is 0 Å². The van der Waals surface area contributed by atoms with E-state index in [-0.39, 0.29) is 12.0 Å². The van der Waals surface area contributed by atoms with Crippen LogP contribution in [0.3, 0.4) is 0 Å². The normalized spacial score (nSPS) is 22.3. The van der Waals surface area contributed by atoms with E-state index in [2.05, 4.69) is 5.32 Å². The van der Waals surface area contributed by atoms with E-state index in [9.17, 15) is 9.59 Å². The molecule has 1 rings (SSSR count). The summed E-state index contributed by atoms with van der Waals surface area (Å²) in [6.07, 6.45) is 1.81. The number of carboxylic acids is 1. The highest BCUT2D eigenvalue weighted by molar-refractivity contribution is 5.81. The number of amides is 1. The van der Waals surface area contributed by atoms with Gasteiger partial charge in [0.2, 0.25) is 5.91 Å². The van der Waals surface area contributed by atoms with Gasteiger partial charge in [-0.3, -0.25) is 9.59 Å². The molecule has 0 aromatic heterocycles. The Balaban J connectivity index is 2.14. The molecular formula is C10H17NO4. The fourth-order valence-corrected chi connectivity index (χ4v) is 1.43. The number of hydrogen-bond acceptors (Lipinski definition) is 3. The molecule has 1 amide bonds. The molecule has 0 aromatic rings. The Labute approximate surface area is 88.8 Å². The summed E-state index contributed by atoms with van der Waals surface area (Å²) >= 11 is 0. The average Bonchev–Trinajstić information content (AvgIpc) is 2.70. The molecule has 0 radical (unpaired) electrons. The number of aliphatic carboxylic acids is 1. The molecule has 0 saturated carbocycles. The maximum Gasteiger partial charge on any atom is 0.306 e. The van der Waals surface area contributed by atoms with Crippen LogP contribution in [0.25, 0.3) is 0 Å². The number of carboxylic acid groups (broad SMARTS) is 1. The molecule has 2 N–H and O–H groups in total. The molecule has 86 valence electrons. The van der Waals surface area contributed by atoms with Crippen LogP contribution in [0.5, 0.6) is 0 Å². The number of rotatable bonds is 5. The van der Waals surface area contributed by atoms with E-state index in [4.69, 9.17) is 9.84 Å². The quantitative estimate of drug-likeness (QED) is 0.695. The van der Waals surface area contributed by atoms with Crippen LogP contribution in [-0.4, -0.2) is 36.2 Å². The summed E-state index contributed by atoms with van der Waals surface area (Å²) in [6, 6.07) is 0. The van der Waals surface area contributed by atoms with Crippen molar-refractivity contribution in [2.75, 3.05) is 13.2 Å². The van der Waals surface area contributed by atoms with Crippen molar-refractivity contribution in [1.82, 2.24) is 5.32 Å². The van der Waals surface area contributed by atoms with Crippen molar-refractivity contribution in [1.29, 1.82) is 0 Å². The fourth-order valence-electron chi connectivity index (χ4n) is 1.43. The van der Waals surface area contributed by atoms with E-state index >= 15 is 0 Å². The highest BCUT2D eigenvalue weighted by Gasteiger charge is 2.23. The molecule has 0 spiro atoms. The molecule has 1 fully saturated rings. The SMILES string of the molecule is CC(CCNC(=O)[C@@H]1CCCO1)C(=O)O. The molecule has 15 heavy (non-hydrogen) atoms. The Morgan fingerprint density at radius 2 is 2.33 bits per heavy atom. The third kappa shape index (κ3) is 3.87. The van der Waals surface area contributed by atoms with Crippen molar-refractivity contribution in [2.45, 2.75) is 32.3 Å². The molecular weight excluding hydrogens is 198 g/mol. The molecule has 1 aliphatic rings. The summed E-state index contributed by atoms with van der Waals surface area (Å²) in [6.45, 7) is 2.66. The van der Waals surface area contributed by atoms with Gasteiger partial charge in [0.1, 0.15) is 6.10 Å². The topological polar surface area (TPSA) is 75.6 Å². The smallest absolute Gasteiger partial charge is 0.306 e. The van der Waals surface area contributed by atoms with Crippen LogP contribution in [-0.2, 0) is 14.3 Å². The second kappa shape index (κ2) is 5.70. The largest absolute Gasteiger partial charge is 0.481 e. The Bertz CT molecular complexity index is 236. The highest BCUT2D eigenvalue weighted by Crippen LogP contribution is 2.11. The van der Waals surface area contributed by atoms with Crippen molar-refractivity contribution < 1.29 is 19.4 Å². The molecule has 0 aliphatic carbocycles. The van der Waals surface area contributed by atoms with Crippen LogP contribution < -0.4 is 5.32 Å². The monoisotopic (exact) mass is 215 g/mol. The lowest BCUT2D eigenvalue weighted by Crippen LogP contribution is -2.35. The fraction of sp³-hybridized carbons (Fsp3) is 0.800. The number of hydrogen-bond donors (Lipinski definition) is 2. The first kappa shape index (κ1) is 12.0. The van der Waals surface area contributed by atoms with E-state index < -0.39 is 11.9 Å².